The van der Waals surface area contributed by atoms with E-state index in [-0.39, 0.29) is 30.2 Å². The molecule has 3 N–H and O–H groups in total. The predicted molar refractivity (Wildman–Crippen MR) is 116 cm³/mol. The molecule has 14 heteroatoms. The van der Waals surface area contributed by atoms with Crippen LogP contribution in [0.15, 0.2) is 30.6 Å². The summed E-state index contributed by atoms with van der Waals surface area (Å²) in [6.07, 6.45) is -0.00287. The maximum absolute atomic E-state index is 13.9. The molecule has 0 saturated carbocycles. The smallest absolute Gasteiger partial charge is 0.413 e. The van der Waals surface area contributed by atoms with Gasteiger partial charge in [0.25, 0.3) is 0 Å². The molecule has 4 rings (SSSR count). The SMILES string of the molecule is C[C@@H](OC(=O)Nc1c(-c2ccc(NC(=O)C3(C#N)CNC3)cn2)nnn1C)c1cc(F)cnc1F. The highest BCUT2D eigenvalue weighted by Gasteiger charge is 2.44. The summed E-state index contributed by atoms with van der Waals surface area (Å²) in [5.41, 5.74) is -0.440. The van der Waals surface area contributed by atoms with E-state index in [1.54, 1.807) is 12.1 Å². The highest BCUT2D eigenvalue weighted by Crippen LogP contribution is 2.27. The average molecular weight is 483 g/mol. The molecule has 2 amide bonds. The normalized spacial score (nSPS) is 14.8. The van der Waals surface area contributed by atoms with Crippen LogP contribution in [-0.2, 0) is 16.6 Å². The van der Waals surface area contributed by atoms with Gasteiger partial charge in [-0.1, -0.05) is 5.21 Å². The first kappa shape index (κ1) is 23.6. The van der Waals surface area contributed by atoms with Gasteiger partial charge in [-0.15, -0.1) is 5.10 Å². The summed E-state index contributed by atoms with van der Waals surface area (Å²) in [4.78, 5) is 32.3. The number of nitrogens with zero attached hydrogens (tertiary/aromatic N) is 6. The molecule has 1 atom stereocenters. The van der Waals surface area contributed by atoms with E-state index >= 15 is 0 Å². The molecule has 3 aromatic heterocycles. The number of halogens is 2. The molecular weight excluding hydrogens is 464 g/mol. The van der Waals surface area contributed by atoms with E-state index in [0.29, 0.717) is 11.4 Å². The molecule has 0 spiro atoms. The number of ether oxygens (including phenoxy) is 1. The Balaban J connectivity index is 1.45. The molecule has 0 bridgehead atoms. The number of carbonyl (C=O) groups is 2. The van der Waals surface area contributed by atoms with E-state index in [1.807, 2.05) is 6.07 Å². The molecule has 0 aliphatic carbocycles. The Morgan fingerprint density at radius 1 is 1.26 bits per heavy atom. The second kappa shape index (κ2) is 9.39. The minimum absolute atomic E-state index is 0.133. The lowest BCUT2D eigenvalue weighted by Gasteiger charge is -2.34. The summed E-state index contributed by atoms with van der Waals surface area (Å²) in [5.74, 6) is -2.03. The van der Waals surface area contributed by atoms with Crippen LogP contribution in [-0.4, -0.2) is 50.1 Å². The maximum Gasteiger partial charge on any atom is 0.413 e. The number of nitriles is 1. The van der Waals surface area contributed by atoms with Crippen molar-refractivity contribution in [3.05, 3.63) is 47.9 Å². The second-order valence-corrected chi connectivity index (χ2v) is 7.80. The number of pyridine rings is 2. The Morgan fingerprint density at radius 2 is 2.03 bits per heavy atom. The van der Waals surface area contributed by atoms with Crippen molar-refractivity contribution >= 4 is 23.5 Å². The number of aromatic nitrogens is 5. The molecule has 1 fully saturated rings. The van der Waals surface area contributed by atoms with Crippen molar-refractivity contribution in [2.24, 2.45) is 12.5 Å². The Hall–Kier alpha value is -4.51. The van der Waals surface area contributed by atoms with Crippen LogP contribution in [0.4, 0.5) is 25.1 Å². The molecular formula is C21H19F2N9O3. The van der Waals surface area contributed by atoms with Gasteiger partial charge in [0.05, 0.1) is 35.4 Å². The number of rotatable bonds is 6. The molecule has 180 valence electrons. The Morgan fingerprint density at radius 3 is 2.66 bits per heavy atom. The first-order valence-corrected chi connectivity index (χ1v) is 10.3. The summed E-state index contributed by atoms with van der Waals surface area (Å²) in [6, 6.07) is 6.02. The number of nitrogens with one attached hydrogen (secondary N) is 3. The molecule has 0 aromatic carbocycles. The number of hydrogen-bond donors (Lipinski definition) is 3. The van der Waals surface area contributed by atoms with E-state index in [9.17, 15) is 23.6 Å². The standard InChI is InChI=1S/C21H19F2N9O3/c1-11(14-5-12(22)6-27-17(14)23)35-20(34)29-18-16(30-31-32(18)2)15-4-3-13(7-26-15)28-19(33)21(8-24)9-25-10-21/h3-7,11,25H,9-10H2,1-2H3,(H,28,33)(H,29,34)/t11-/m1/s1. The summed E-state index contributed by atoms with van der Waals surface area (Å²) >= 11 is 0. The van der Waals surface area contributed by atoms with Crippen molar-refractivity contribution in [1.82, 2.24) is 30.3 Å². The summed E-state index contributed by atoms with van der Waals surface area (Å²) < 4.78 is 33.7. The van der Waals surface area contributed by atoms with E-state index in [2.05, 4.69) is 36.2 Å². The first-order valence-electron chi connectivity index (χ1n) is 10.3. The van der Waals surface area contributed by atoms with Crippen molar-refractivity contribution in [3.8, 4) is 17.5 Å². The highest BCUT2D eigenvalue weighted by molar-refractivity contribution is 5.98. The topological polar surface area (TPSA) is 160 Å². The van der Waals surface area contributed by atoms with Crippen molar-refractivity contribution in [3.63, 3.8) is 0 Å². The van der Waals surface area contributed by atoms with Crippen LogP contribution in [0.3, 0.4) is 0 Å². The van der Waals surface area contributed by atoms with Gasteiger partial charge in [0.2, 0.25) is 11.9 Å². The summed E-state index contributed by atoms with van der Waals surface area (Å²) in [6.45, 7) is 1.91. The van der Waals surface area contributed by atoms with Crippen LogP contribution in [0.1, 0.15) is 18.6 Å². The highest BCUT2D eigenvalue weighted by atomic mass is 19.1. The van der Waals surface area contributed by atoms with E-state index in [0.717, 1.165) is 12.3 Å². The van der Waals surface area contributed by atoms with E-state index < -0.39 is 35.3 Å². The van der Waals surface area contributed by atoms with Gasteiger partial charge in [0, 0.05) is 20.1 Å². The van der Waals surface area contributed by atoms with Crippen LogP contribution in [0.2, 0.25) is 0 Å². The van der Waals surface area contributed by atoms with Gasteiger partial charge in [-0.2, -0.15) is 9.65 Å². The lowest BCUT2D eigenvalue weighted by Crippen LogP contribution is -2.59. The van der Waals surface area contributed by atoms with Gasteiger partial charge in [0.1, 0.15) is 11.9 Å². The Kier molecular flexibility index (Phi) is 6.34. The van der Waals surface area contributed by atoms with Gasteiger partial charge in [-0.25, -0.2) is 18.9 Å². The zero-order valence-electron chi connectivity index (χ0n) is 18.5. The fraction of sp³-hybridized carbons (Fsp3) is 0.286. The van der Waals surface area contributed by atoms with Gasteiger partial charge in [-0.3, -0.25) is 15.1 Å². The third kappa shape index (κ3) is 4.75. The van der Waals surface area contributed by atoms with Crippen LogP contribution < -0.4 is 16.0 Å². The van der Waals surface area contributed by atoms with Crippen LogP contribution in [0.5, 0.6) is 0 Å². The minimum atomic E-state index is -1.13. The number of hydrogen-bond acceptors (Lipinski definition) is 9. The zero-order valence-corrected chi connectivity index (χ0v) is 18.5. The third-order valence-electron chi connectivity index (χ3n) is 5.37. The van der Waals surface area contributed by atoms with Crippen LogP contribution >= 0.6 is 0 Å². The largest absolute Gasteiger partial charge is 0.441 e. The number of anilines is 2. The number of aryl methyl sites for hydroxylation is 1. The number of carbonyl (C=O) groups excluding carboxylic acids is 2. The number of amides is 2. The third-order valence-corrected chi connectivity index (χ3v) is 5.37. The van der Waals surface area contributed by atoms with E-state index in [1.165, 1.54) is 24.9 Å². The van der Waals surface area contributed by atoms with Crippen molar-refractivity contribution in [1.29, 1.82) is 5.26 Å². The zero-order chi connectivity index (χ0) is 25.2. The molecule has 35 heavy (non-hydrogen) atoms. The van der Waals surface area contributed by atoms with Crippen LogP contribution in [0.25, 0.3) is 11.4 Å². The molecule has 12 nitrogen and oxygen atoms in total. The fourth-order valence-corrected chi connectivity index (χ4v) is 3.27. The fourth-order valence-electron chi connectivity index (χ4n) is 3.27. The summed E-state index contributed by atoms with van der Waals surface area (Å²) in [5, 5.41) is 25.1. The molecule has 1 aliphatic heterocycles. The summed E-state index contributed by atoms with van der Waals surface area (Å²) in [7, 11) is 1.52. The van der Waals surface area contributed by atoms with Crippen molar-refractivity contribution in [2.45, 2.75) is 13.0 Å². The molecule has 0 radical (unpaired) electrons. The van der Waals surface area contributed by atoms with Gasteiger partial charge >= 0.3 is 6.09 Å². The molecule has 4 heterocycles. The Labute approximate surface area is 197 Å². The molecule has 1 aliphatic rings. The monoisotopic (exact) mass is 483 g/mol. The van der Waals surface area contributed by atoms with Crippen LogP contribution in [0, 0.1) is 28.5 Å². The van der Waals surface area contributed by atoms with Crippen molar-refractivity contribution in [2.75, 3.05) is 23.7 Å². The van der Waals surface area contributed by atoms with E-state index in [4.69, 9.17) is 4.74 Å². The lowest BCUT2D eigenvalue weighted by molar-refractivity contribution is -0.124. The predicted octanol–water partition coefficient (Wildman–Crippen LogP) is 1.91. The molecule has 3 aromatic rings. The second-order valence-electron chi connectivity index (χ2n) is 7.80. The Bertz CT molecular complexity index is 1320. The first-order chi connectivity index (χ1) is 16.7. The average Bonchev–Trinajstić information content (AvgIpc) is 3.15. The molecule has 1 saturated heterocycles. The maximum atomic E-state index is 13.9. The quantitative estimate of drug-likeness (QED) is 0.445. The van der Waals surface area contributed by atoms with Crippen molar-refractivity contribution < 1.29 is 23.1 Å². The van der Waals surface area contributed by atoms with Gasteiger partial charge < -0.3 is 15.4 Å². The minimum Gasteiger partial charge on any atom is -0.441 e. The lowest BCUT2D eigenvalue weighted by atomic mass is 9.82. The van der Waals surface area contributed by atoms with Gasteiger partial charge in [-0.05, 0) is 25.1 Å². The van der Waals surface area contributed by atoms with Gasteiger partial charge in [0.15, 0.2) is 16.9 Å². The molecule has 0 unspecified atom stereocenters.